The second kappa shape index (κ2) is 12.8. The summed E-state index contributed by atoms with van der Waals surface area (Å²) >= 11 is 0. The van der Waals surface area contributed by atoms with Crippen molar-refractivity contribution in [3.8, 4) is 0 Å². The first-order valence-corrected chi connectivity index (χ1v) is 16.3. The Morgan fingerprint density at radius 2 is 1.78 bits per heavy atom. The van der Waals surface area contributed by atoms with Crippen molar-refractivity contribution in [2.24, 2.45) is 45.6 Å². The van der Waals surface area contributed by atoms with Crippen LogP contribution < -0.4 is 5.32 Å². The molecule has 5 rings (SSSR count). The number of nitrogens with one attached hydrogen (secondary N) is 1. The molecular weight excluding hydrogens is 604 g/mol. The number of rotatable bonds is 8. The topological polar surface area (TPSA) is 80.2 Å². The summed E-state index contributed by atoms with van der Waals surface area (Å²) in [5.41, 5.74) is 1.95. The van der Waals surface area contributed by atoms with Crippen LogP contribution in [0.4, 0.5) is 31.1 Å². The summed E-state index contributed by atoms with van der Waals surface area (Å²) in [5.74, 6) is 0.226. The number of amides is 1. The minimum atomic E-state index is -4.91. The van der Waals surface area contributed by atoms with E-state index in [9.17, 15) is 35.9 Å². The van der Waals surface area contributed by atoms with Gasteiger partial charge in [-0.05, 0) is 106 Å². The zero-order valence-corrected chi connectivity index (χ0v) is 26.2. The van der Waals surface area contributed by atoms with Gasteiger partial charge in [-0.2, -0.15) is 13.2 Å². The van der Waals surface area contributed by atoms with Crippen molar-refractivity contribution < 1.29 is 45.5 Å². The van der Waals surface area contributed by atoms with Crippen LogP contribution in [0.25, 0.3) is 0 Å². The number of carbonyl (C=O) groups is 2. The molecule has 0 aromatic heterocycles. The van der Waals surface area contributed by atoms with Crippen molar-refractivity contribution in [3.63, 3.8) is 0 Å². The molecule has 254 valence electrons. The van der Waals surface area contributed by atoms with Crippen LogP contribution in [0.5, 0.6) is 0 Å². The van der Waals surface area contributed by atoms with Crippen LogP contribution >= 0.6 is 0 Å². The molecule has 1 N–H and O–H groups in total. The van der Waals surface area contributed by atoms with Crippen molar-refractivity contribution >= 4 is 17.6 Å². The van der Waals surface area contributed by atoms with Gasteiger partial charge in [-0.1, -0.05) is 24.6 Å². The molecule has 0 spiro atoms. The molecule has 2 unspecified atom stereocenters. The quantitative estimate of drug-likeness (QED) is 0.128. The van der Waals surface area contributed by atoms with Gasteiger partial charge >= 0.3 is 18.6 Å². The molecule has 13 heteroatoms. The lowest BCUT2D eigenvalue weighted by molar-refractivity contribution is -0.324. The third-order valence-corrected chi connectivity index (χ3v) is 12.1. The Bertz CT molecular complexity index is 1190. The molecule has 4 fully saturated rings. The summed E-state index contributed by atoms with van der Waals surface area (Å²) in [6.07, 6.45) is -1.22. The number of carbonyl (C=O) groups excluding carboxylic acids is 2. The number of alkyl halides is 6. The molecule has 3 saturated carbocycles. The van der Waals surface area contributed by atoms with Crippen LogP contribution in [0.3, 0.4) is 0 Å². The van der Waals surface area contributed by atoms with Gasteiger partial charge in [0, 0.05) is 31.5 Å². The molecule has 5 aliphatic rings. The third-order valence-electron chi connectivity index (χ3n) is 12.1. The standard InChI is InChI=1S/C32H45F6N3O4/c1-19(23-6-7-24-22-5-4-20-18-21(42)8-12-29(20,2)25(22)9-13-30(23,24)3)40-45-28(43)41(16-17-44-32(36,37)38)15-11-27-26(10-14-39-27)31(33,34)35/h18,22-27,39H,4-17H2,1-3H3/b40-19+/t22-,23+,24-,25-,26?,27?,29-,30+/m0/s1. The van der Waals surface area contributed by atoms with Gasteiger partial charge in [0.2, 0.25) is 0 Å². The van der Waals surface area contributed by atoms with Gasteiger partial charge < -0.3 is 10.2 Å². The van der Waals surface area contributed by atoms with E-state index in [-0.39, 0.29) is 48.5 Å². The normalized spacial score (nSPS) is 37.0. The molecule has 0 bridgehead atoms. The highest BCUT2D eigenvalue weighted by Gasteiger charge is 2.59. The zero-order chi connectivity index (χ0) is 32.8. The number of nitrogens with zero attached hydrogens (tertiary/aromatic N) is 2. The van der Waals surface area contributed by atoms with Crippen molar-refractivity contribution in [1.82, 2.24) is 10.2 Å². The van der Waals surface area contributed by atoms with E-state index in [1.807, 2.05) is 6.08 Å². The summed E-state index contributed by atoms with van der Waals surface area (Å²) < 4.78 is 81.9. The zero-order valence-electron chi connectivity index (χ0n) is 26.2. The molecule has 4 aliphatic carbocycles. The second-order valence-corrected chi connectivity index (χ2v) is 14.3. The highest BCUT2D eigenvalue weighted by Crippen LogP contribution is 2.66. The number of allylic oxidation sites excluding steroid dienone is 1. The molecule has 1 heterocycles. The maximum atomic E-state index is 13.4. The predicted molar refractivity (Wildman–Crippen MR) is 154 cm³/mol. The van der Waals surface area contributed by atoms with Crippen molar-refractivity contribution in [2.75, 3.05) is 26.2 Å². The highest BCUT2D eigenvalue weighted by molar-refractivity contribution is 5.91. The molecule has 7 nitrogen and oxygen atoms in total. The Morgan fingerprint density at radius 3 is 2.49 bits per heavy atom. The molecule has 8 atom stereocenters. The Morgan fingerprint density at radius 1 is 1.02 bits per heavy atom. The molecule has 0 aromatic rings. The number of fused-ring (bicyclic) bond motifs is 5. The largest absolute Gasteiger partial charge is 0.522 e. The summed E-state index contributed by atoms with van der Waals surface area (Å²) in [5, 5.41) is 6.96. The van der Waals surface area contributed by atoms with E-state index in [2.05, 4.69) is 29.1 Å². The monoisotopic (exact) mass is 649 g/mol. The fourth-order valence-corrected chi connectivity index (χ4v) is 9.80. The van der Waals surface area contributed by atoms with Crippen LogP contribution in [-0.2, 0) is 14.4 Å². The summed E-state index contributed by atoms with van der Waals surface area (Å²) in [4.78, 5) is 31.4. The maximum absolute atomic E-state index is 13.4. The van der Waals surface area contributed by atoms with Crippen LogP contribution in [0.15, 0.2) is 16.8 Å². The van der Waals surface area contributed by atoms with E-state index in [0.717, 1.165) is 49.8 Å². The summed E-state index contributed by atoms with van der Waals surface area (Å²) in [6.45, 7) is 4.96. The number of halogens is 6. The van der Waals surface area contributed by atoms with Crippen LogP contribution in [-0.4, -0.2) is 67.3 Å². The van der Waals surface area contributed by atoms with E-state index in [0.29, 0.717) is 29.9 Å². The van der Waals surface area contributed by atoms with Gasteiger partial charge in [-0.25, -0.2) is 4.79 Å². The minimum absolute atomic E-state index is 0.0514. The summed E-state index contributed by atoms with van der Waals surface area (Å²) in [7, 11) is 0. The highest BCUT2D eigenvalue weighted by atomic mass is 19.4. The van der Waals surface area contributed by atoms with E-state index >= 15 is 0 Å². The molecular formula is C32H45F6N3O4. The second-order valence-electron chi connectivity index (χ2n) is 14.3. The lowest BCUT2D eigenvalue weighted by atomic mass is 9.46. The van der Waals surface area contributed by atoms with Gasteiger partial charge in [-0.15, -0.1) is 13.2 Å². The Hall–Kier alpha value is -2.15. The molecule has 45 heavy (non-hydrogen) atoms. The third kappa shape index (κ3) is 7.09. The number of oxime groups is 1. The Labute approximate surface area is 260 Å². The first-order chi connectivity index (χ1) is 21.0. The van der Waals surface area contributed by atoms with Crippen molar-refractivity contribution in [2.45, 2.75) is 104 Å². The van der Waals surface area contributed by atoms with Crippen LogP contribution in [0.2, 0.25) is 0 Å². The van der Waals surface area contributed by atoms with Gasteiger partial charge in [-0.3, -0.25) is 14.4 Å². The first kappa shape index (κ1) is 34.2. The van der Waals surface area contributed by atoms with E-state index in [1.54, 1.807) is 6.92 Å². The van der Waals surface area contributed by atoms with E-state index < -0.39 is 43.7 Å². The molecule has 1 amide bonds. The average molecular weight is 650 g/mol. The maximum Gasteiger partial charge on any atom is 0.522 e. The predicted octanol–water partition coefficient (Wildman–Crippen LogP) is 7.42. The van der Waals surface area contributed by atoms with Crippen molar-refractivity contribution in [3.05, 3.63) is 11.6 Å². The molecule has 1 aliphatic heterocycles. The average Bonchev–Trinajstić information content (AvgIpc) is 3.57. The lowest BCUT2D eigenvalue weighted by Gasteiger charge is -2.58. The van der Waals surface area contributed by atoms with E-state index in [4.69, 9.17) is 4.84 Å². The Kier molecular flexibility index (Phi) is 9.73. The fraction of sp³-hybridized carbons (Fsp3) is 0.844. The van der Waals surface area contributed by atoms with Crippen molar-refractivity contribution in [1.29, 1.82) is 0 Å². The molecule has 1 saturated heterocycles. The number of hydrogen-bond donors (Lipinski definition) is 1. The lowest BCUT2D eigenvalue weighted by Crippen LogP contribution is -2.51. The molecule has 0 radical (unpaired) electrons. The van der Waals surface area contributed by atoms with Gasteiger partial charge in [0.25, 0.3) is 0 Å². The smallest absolute Gasteiger partial charge is 0.313 e. The van der Waals surface area contributed by atoms with E-state index in [1.165, 1.54) is 5.57 Å². The number of ketones is 1. The van der Waals surface area contributed by atoms with Crippen LogP contribution in [0.1, 0.15) is 85.0 Å². The molecule has 0 aromatic carbocycles. The SMILES string of the molecule is C/C(=N\OC(=O)N(CCOC(F)(F)F)CCC1NCCC1C(F)(F)F)[C@H]1CC[C@H]2[C@@H]3CCC4=CC(=O)CC[C@]4(C)[C@H]3CC[C@]12C. The number of hydrogen-bond acceptors (Lipinski definition) is 6. The van der Waals surface area contributed by atoms with Gasteiger partial charge in [0.05, 0.1) is 18.2 Å². The Balaban J connectivity index is 1.24. The summed E-state index contributed by atoms with van der Waals surface area (Å²) in [6, 6.07) is -0.956. The van der Waals surface area contributed by atoms with Gasteiger partial charge in [0.15, 0.2) is 5.78 Å². The van der Waals surface area contributed by atoms with Crippen LogP contribution in [0, 0.1) is 40.4 Å². The minimum Gasteiger partial charge on any atom is -0.313 e. The fourth-order valence-electron chi connectivity index (χ4n) is 9.80. The number of ether oxygens (including phenoxy) is 1. The van der Waals surface area contributed by atoms with Gasteiger partial charge in [0.1, 0.15) is 0 Å². The first-order valence-electron chi connectivity index (χ1n) is 16.3.